The maximum absolute atomic E-state index is 13.3. The molecule has 1 heterocycles. The zero-order valence-corrected chi connectivity index (χ0v) is 18.0. The monoisotopic (exact) mass is 433 g/mol. The van der Waals surface area contributed by atoms with E-state index in [1.165, 1.54) is 22.8 Å². The van der Waals surface area contributed by atoms with Crippen LogP contribution in [0.25, 0.3) is 10.9 Å². The Hall–Kier alpha value is -2.50. The number of fused-ring (bicyclic) bond motifs is 1. The summed E-state index contributed by atoms with van der Waals surface area (Å²) >= 11 is 12.0. The number of aromatic hydroxyl groups is 1. The molecule has 0 aliphatic rings. The number of hydrogen-bond donors (Lipinski definition) is 2. The predicted molar refractivity (Wildman–Crippen MR) is 114 cm³/mol. The van der Waals surface area contributed by atoms with E-state index in [1.54, 1.807) is 25.1 Å². The van der Waals surface area contributed by atoms with Crippen molar-refractivity contribution < 1.29 is 19.8 Å². The highest BCUT2D eigenvalue weighted by Crippen LogP contribution is 2.42. The highest BCUT2D eigenvalue weighted by Gasteiger charge is 2.37. The molecule has 0 spiro atoms. The summed E-state index contributed by atoms with van der Waals surface area (Å²) in [6.45, 7) is 7.21. The maximum Gasteiger partial charge on any atom is 0.311 e. The van der Waals surface area contributed by atoms with Crippen LogP contribution in [0.5, 0.6) is 5.75 Å². The van der Waals surface area contributed by atoms with Crippen LogP contribution in [0.4, 0.5) is 0 Å². The lowest BCUT2D eigenvalue weighted by molar-refractivity contribution is -0.141. The molecule has 5 nitrogen and oxygen atoms in total. The summed E-state index contributed by atoms with van der Waals surface area (Å²) < 4.78 is 1.46. The van der Waals surface area contributed by atoms with Gasteiger partial charge in [0.25, 0.3) is 5.91 Å². The topological polar surface area (TPSA) is 79.5 Å². The second-order valence-electron chi connectivity index (χ2n) is 8.11. The number of aliphatic carboxylic acids is 1. The summed E-state index contributed by atoms with van der Waals surface area (Å²) in [5.74, 6) is -2.24. The van der Waals surface area contributed by atoms with Crippen molar-refractivity contribution >= 4 is 46.0 Å². The molecule has 3 rings (SSSR count). The van der Waals surface area contributed by atoms with Gasteiger partial charge in [0.05, 0.1) is 21.5 Å². The molecule has 1 atom stereocenters. The zero-order valence-electron chi connectivity index (χ0n) is 16.5. The number of nitrogens with zero attached hydrogens (tertiary/aromatic N) is 1. The maximum atomic E-state index is 13.3. The van der Waals surface area contributed by atoms with Gasteiger partial charge in [-0.2, -0.15) is 0 Å². The van der Waals surface area contributed by atoms with Gasteiger partial charge in [-0.25, -0.2) is 0 Å². The third-order valence-electron chi connectivity index (χ3n) is 5.01. The fourth-order valence-corrected chi connectivity index (χ4v) is 4.04. The number of rotatable bonds is 3. The first-order valence-corrected chi connectivity index (χ1v) is 9.75. The van der Waals surface area contributed by atoms with Crippen molar-refractivity contribution in [3.8, 4) is 5.75 Å². The van der Waals surface area contributed by atoms with Crippen molar-refractivity contribution in [1.29, 1.82) is 0 Å². The predicted octanol–water partition coefficient (Wildman–Crippen LogP) is 5.86. The molecule has 3 aromatic rings. The van der Waals surface area contributed by atoms with Crippen molar-refractivity contribution in [3.63, 3.8) is 0 Å². The van der Waals surface area contributed by atoms with E-state index >= 15 is 0 Å². The molecule has 0 radical (unpaired) electrons. The Morgan fingerprint density at radius 2 is 1.69 bits per heavy atom. The molecule has 0 aliphatic carbocycles. The third-order valence-corrected chi connectivity index (χ3v) is 5.75. The van der Waals surface area contributed by atoms with E-state index < -0.39 is 17.3 Å². The van der Waals surface area contributed by atoms with Gasteiger partial charge in [-0.3, -0.25) is 14.2 Å². The van der Waals surface area contributed by atoms with E-state index in [9.17, 15) is 19.8 Å². The molecule has 0 fully saturated rings. The van der Waals surface area contributed by atoms with Gasteiger partial charge in [-0.1, -0.05) is 44.0 Å². The number of benzene rings is 2. The van der Waals surface area contributed by atoms with Crippen molar-refractivity contribution in [3.05, 3.63) is 63.3 Å². The number of phenols is 1. The number of carbonyl (C=O) groups is 2. The first-order valence-electron chi connectivity index (χ1n) is 9.00. The van der Waals surface area contributed by atoms with Gasteiger partial charge in [-0.05, 0) is 54.3 Å². The summed E-state index contributed by atoms with van der Waals surface area (Å²) in [5.41, 5.74) is 1.23. The molecule has 7 heteroatoms. The average Bonchev–Trinajstić information content (AvgIpc) is 2.87. The number of phenolic OH excluding ortho intramolecular Hbond substituents is 1. The van der Waals surface area contributed by atoms with Crippen molar-refractivity contribution in [2.75, 3.05) is 0 Å². The van der Waals surface area contributed by atoms with E-state index in [0.717, 1.165) is 0 Å². The van der Waals surface area contributed by atoms with Crippen LogP contribution in [0, 0.1) is 12.3 Å². The van der Waals surface area contributed by atoms with E-state index in [4.69, 9.17) is 23.2 Å². The van der Waals surface area contributed by atoms with Crippen molar-refractivity contribution in [1.82, 2.24) is 4.57 Å². The third kappa shape index (κ3) is 3.72. The molecule has 1 unspecified atom stereocenters. The van der Waals surface area contributed by atoms with E-state index in [-0.39, 0.29) is 16.7 Å². The number of halogens is 2. The SMILES string of the molecule is Cc1c(C(C(=O)O)C(C)(C)C)c2cc(O)ccc2n1C(=O)c1ccc(Cl)c(Cl)c1. The zero-order chi connectivity index (χ0) is 21.7. The lowest BCUT2D eigenvalue weighted by atomic mass is 9.75. The number of carbonyl (C=O) groups excluding carboxylic acids is 1. The molecule has 1 aromatic heterocycles. The average molecular weight is 434 g/mol. The number of aromatic nitrogens is 1. The molecule has 29 heavy (non-hydrogen) atoms. The molecular weight excluding hydrogens is 413 g/mol. The van der Waals surface area contributed by atoms with E-state index in [1.807, 2.05) is 20.8 Å². The van der Waals surface area contributed by atoms with Gasteiger partial charge in [0.2, 0.25) is 0 Å². The minimum Gasteiger partial charge on any atom is -0.508 e. The van der Waals surface area contributed by atoms with Crippen molar-refractivity contribution in [2.45, 2.75) is 33.6 Å². The minimum absolute atomic E-state index is 0.00376. The van der Waals surface area contributed by atoms with Crippen LogP contribution in [-0.4, -0.2) is 26.7 Å². The Labute approximate surface area is 178 Å². The quantitative estimate of drug-likeness (QED) is 0.541. The molecular formula is C22H21Cl2NO4. The summed E-state index contributed by atoms with van der Waals surface area (Å²) in [6.07, 6.45) is 0. The Morgan fingerprint density at radius 1 is 1.03 bits per heavy atom. The Kier molecular flexibility index (Phi) is 5.41. The molecule has 0 amide bonds. The van der Waals surface area contributed by atoms with Crippen LogP contribution in [0.2, 0.25) is 10.0 Å². The van der Waals surface area contributed by atoms with Crippen molar-refractivity contribution in [2.24, 2.45) is 5.41 Å². The Morgan fingerprint density at radius 3 is 2.24 bits per heavy atom. The van der Waals surface area contributed by atoms with Crippen LogP contribution in [-0.2, 0) is 4.79 Å². The first kappa shape index (κ1) is 21.2. The second-order valence-corrected chi connectivity index (χ2v) is 8.92. The number of carboxylic acids is 1. The van der Waals surface area contributed by atoms with Crippen LogP contribution in [0.15, 0.2) is 36.4 Å². The summed E-state index contributed by atoms with van der Waals surface area (Å²) in [6, 6.07) is 9.17. The van der Waals surface area contributed by atoms with Gasteiger partial charge in [0.1, 0.15) is 5.75 Å². The van der Waals surface area contributed by atoms with E-state index in [2.05, 4.69) is 0 Å². The largest absolute Gasteiger partial charge is 0.508 e. The first-order chi connectivity index (χ1) is 13.4. The highest BCUT2D eigenvalue weighted by molar-refractivity contribution is 6.42. The van der Waals surface area contributed by atoms with Crippen LogP contribution in [0.1, 0.15) is 48.3 Å². The van der Waals surface area contributed by atoms with Crippen LogP contribution < -0.4 is 0 Å². The molecule has 0 saturated heterocycles. The van der Waals surface area contributed by atoms with Gasteiger partial charge < -0.3 is 10.2 Å². The lowest BCUT2D eigenvalue weighted by Gasteiger charge is -2.27. The fourth-order valence-electron chi connectivity index (χ4n) is 3.74. The standard InChI is InChI=1S/C22H21Cl2NO4/c1-11-18(19(21(28)29)22(2,3)4)14-10-13(26)6-8-17(14)25(11)20(27)12-5-7-15(23)16(24)9-12/h5-10,19,26H,1-4H3,(H,28,29). The lowest BCUT2D eigenvalue weighted by Crippen LogP contribution is -2.27. The molecule has 0 aliphatic heterocycles. The molecule has 152 valence electrons. The summed E-state index contributed by atoms with van der Waals surface area (Å²) in [4.78, 5) is 25.5. The normalized spacial score (nSPS) is 12.9. The van der Waals surface area contributed by atoms with E-state index in [0.29, 0.717) is 32.7 Å². The van der Waals surface area contributed by atoms with Gasteiger partial charge in [-0.15, -0.1) is 0 Å². The number of carboxylic acid groups (broad SMARTS) is 1. The summed E-state index contributed by atoms with van der Waals surface area (Å²) in [7, 11) is 0. The van der Waals surface area contributed by atoms with Crippen LogP contribution >= 0.6 is 23.2 Å². The fraction of sp³-hybridized carbons (Fsp3) is 0.273. The Balaban J connectivity index is 2.34. The molecule has 2 aromatic carbocycles. The molecule has 0 bridgehead atoms. The summed E-state index contributed by atoms with van der Waals surface area (Å²) in [5, 5.41) is 21.1. The van der Waals surface area contributed by atoms with Gasteiger partial charge in [0, 0.05) is 16.6 Å². The van der Waals surface area contributed by atoms with Gasteiger partial charge in [0.15, 0.2) is 0 Å². The minimum atomic E-state index is -0.995. The van der Waals surface area contributed by atoms with Gasteiger partial charge >= 0.3 is 5.97 Å². The molecule has 0 saturated carbocycles. The highest BCUT2D eigenvalue weighted by atomic mass is 35.5. The Bertz CT molecular complexity index is 1140. The second kappa shape index (κ2) is 7.39. The smallest absolute Gasteiger partial charge is 0.311 e. The van der Waals surface area contributed by atoms with Crippen LogP contribution in [0.3, 0.4) is 0 Å². The molecule has 2 N–H and O–H groups in total. The number of hydrogen-bond acceptors (Lipinski definition) is 3.